The molecule has 192 valence electrons. The molecule has 0 fully saturated rings. The summed E-state index contributed by atoms with van der Waals surface area (Å²) in [5.41, 5.74) is 3.61. The molecule has 0 atom stereocenters. The summed E-state index contributed by atoms with van der Waals surface area (Å²) >= 11 is 1.23. The minimum atomic E-state index is -0.578. The predicted molar refractivity (Wildman–Crippen MR) is 147 cm³/mol. The van der Waals surface area contributed by atoms with Crippen molar-refractivity contribution in [2.45, 2.75) is 13.8 Å². The predicted octanol–water partition coefficient (Wildman–Crippen LogP) is 5.83. The summed E-state index contributed by atoms with van der Waals surface area (Å²) in [6.45, 7) is 4.70. The van der Waals surface area contributed by atoms with Crippen LogP contribution in [0.1, 0.15) is 16.7 Å². The maximum atomic E-state index is 12.7. The Morgan fingerprint density at radius 3 is 2.47 bits per heavy atom. The van der Waals surface area contributed by atoms with Crippen LogP contribution in [-0.4, -0.2) is 36.4 Å². The summed E-state index contributed by atoms with van der Waals surface area (Å²) in [5.74, 6) is 1.25. The van der Waals surface area contributed by atoms with E-state index in [1.165, 1.54) is 24.5 Å². The number of carbonyl (C=O) groups is 1. The lowest BCUT2D eigenvalue weighted by atomic mass is 10.1. The molecule has 0 bridgehead atoms. The van der Waals surface area contributed by atoms with Gasteiger partial charge < -0.3 is 14.2 Å². The number of nitriles is 1. The van der Waals surface area contributed by atoms with Crippen LogP contribution in [-0.2, 0) is 4.79 Å². The Morgan fingerprint density at radius 1 is 0.974 bits per heavy atom. The van der Waals surface area contributed by atoms with E-state index >= 15 is 0 Å². The number of benzene rings is 3. The molecule has 0 aliphatic carbocycles. The Kier molecular flexibility index (Phi) is 8.69. The molecule has 1 N–H and O–H groups in total. The fourth-order valence-electron chi connectivity index (χ4n) is 3.51. The molecule has 0 radical (unpaired) electrons. The molecule has 38 heavy (non-hydrogen) atoms. The molecule has 1 amide bonds. The van der Waals surface area contributed by atoms with Gasteiger partial charge in [0.25, 0.3) is 5.91 Å². The van der Waals surface area contributed by atoms with Crippen LogP contribution in [0.25, 0.3) is 16.6 Å². The van der Waals surface area contributed by atoms with Crippen LogP contribution in [0, 0.1) is 25.2 Å². The van der Waals surface area contributed by atoms with Crippen LogP contribution in [0.15, 0.2) is 72.3 Å². The lowest BCUT2D eigenvalue weighted by Crippen LogP contribution is -2.13. The van der Waals surface area contributed by atoms with Gasteiger partial charge in [-0.1, -0.05) is 59.9 Å². The molecule has 0 saturated carbocycles. The minimum Gasteiger partial charge on any atom is -0.493 e. The zero-order valence-corrected chi connectivity index (χ0v) is 22.0. The molecule has 3 aromatic carbocycles. The van der Waals surface area contributed by atoms with Crippen molar-refractivity contribution in [3.05, 3.63) is 89.0 Å². The maximum Gasteiger partial charge on any atom is 0.268 e. The average molecular weight is 527 g/mol. The Morgan fingerprint density at radius 2 is 1.74 bits per heavy atom. The molecule has 4 aromatic rings. The van der Waals surface area contributed by atoms with E-state index in [1.807, 2.05) is 68.4 Å². The van der Waals surface area contributed by atoms with Crippen LogP contribution < -0.4 is 19.5 Å². The van der Waals surface area contributed by atoms with E-state index < -0.39 is 5.91 Å². The first-order valence-electron chi connectivity index (χ1n) is 11.8. The average Bonchev–Trinajstić information content (AvgIpc) is 3.40. The van der Waals surface area contributed by atoms with Gasteiger partial charge >= 0.3 is 0 Å². The molecule has 9 heteroatoms. The summed E-state index contributed by atoms with van der Waals surface area (Å²) < 4.78 is 17.1. The van der Waals surface area contributed by atoms with Crippen molar-refractivity contribution in [3.63, 3.8) is 0 Å². The number of carbonyl (C=O) groups excluding carboxylic acids is 1. The van der Waals surface area contributed by atoms with Gasteiger partial charge in [-0.25, -0.2) is 0 Å². The van der Waals surface area contributed by atoms with Gasteiger partial charge in [0.05, 0.1) is 7.11 Å². The van der Waals surface area contributed by atoms with E-state index in [2.05, 4.69) is 15.5 Å². The van der Waals surface area contributed by atoms with Crippen LogP contribution >= 0.6 is 11.3 Å². The van der Waals surface area contributed by atoms with Crippen LogP contribution in [0.5, 0.6) is 17.2 Å². The largest absolute Gasteiger partial charge is 0.493 e. The molecule has 0 unspecified atom stereocenters. The maximum absolute atomic E-state index is 12.7. The molecule has 4 rings (SSSR count). The molecular formula is C29H26N4O4S. The monoisotopic (exact) mass is 526 g/mol. The van der Waals surface area contributed by atoms with E-state index in [1.54, 1.807) is 18.2 Å². The molecule has 8 nitrogen and oxygen atoms in total. The number of aromatic nitrogens is 2. The van der Waals surface area contributed by atoms with Crippen molar-refractivity contribution < 1.29 is 19.0 Å². The van der Waals surface area contributed by atoms with Gasteiger partial charge in [-0.2, -0.15) is 5.26 Å². The molecular weight excluding hydrogens is 500 g/mol. The molecule has 0 saturated heterocycles. The van der Waals surface area contributed by atoms with Crippen molar-refractivity contribution in [2.75, 3.05) is 25.6 Å². The quantitative estimate of drug-likeness (QED) is 0.157. The smallest absolute Gasteiger partial charge is 0.268 e. The van der Waals surface area contributed by atoms with E-state index in [0.717, 1.165) is 22.4 Å². The second kappa shape index (κ2) is 12.5. The van der Waals surface area contributed by atoms with E-state index in [9.17, 15) is 10.1 Å². The highest BCUT2D eigenvalue weighted by atomic mass is 32.1. The summed E-state index contributed by atoms with van der Waals surface area (Å²) in [6, 6.07) is 22.7. The second-order valence-electron chi connectivity index (χ2n) is 8.28. The standard InChI is InChI=1S/C29H26N4O4S/c1-19-9-10-20(2)25(15-19)37-14-13-36-24-12-11-21(17-26(24)35-3)16-23(18-30)27(34)31-29-33-32-28(38-29)22-7-5-4-6-8-22/h4-12,15-17H,13-14H2,1-3H3,(H,31,33,34)/b23-16-. The van der Waals surface area contributed by atoms with Crippen molar-refractivity contribution in [3.8, 4) is 33.9 Å². The summed E-state index contributed by atoms with van der Waals surface area (Å²) in [7, 11) is 1.53. The highest BCUT2D eigenvalue weighted by Gasteiger charge is 2.14. The molecule has 1 heterocycles. The van der Waals surface area contributed by atoms with Crippen LogP contribution in [0.2, 0.25) is 0 Å². The first-order valence-corrected chi connectivity index (χ1v) is 12.6. The third-order valence-electron chi connectivity index (χ3n) is 5.47. The summed E-state index contributed by atoms with van der Waals surface area (Å²) in [6.07, 6.45) is 1.48. The van der Waals surface area contributed by atoms with Crippen molar-refractivity contribution in [1.82, 2.24) is 10.2 Å². The van der Waals surface area contributed by atoms with Gasteiger partial charge in [0, 0.05) is 5.56 Å². The van der Waals surface area contributed by atoms with E-state index in [4.69, 9.17) is 14.2 Å². The fourth-order valence-corrected chi connectivity index (χ4v) is 4.25. The second-order valence-corrected chi connectivity index (χ2v) is 9.26. The molecule has 0 aliphatic rings. The number of amides is 1. The summed E-state index contributed by atoms with van der Waals surface area (Å²) in [4.78, 5) is 12.7. The Bertz CT molecular complexity index is 1490. The third kappa shape index (κ3) is 6.75. The fraction of sp³-hybridized carbons (Fsp3) is 0.172. The number of hydrogen-bond donors (Lipinski definition) is 1. The number of aryl methyl sites for hydroxylation is 2. The number of rotatable bonds is 10. The first kappa shape index (κ1) is 26.4. The van der Waals surface area contributed by atoms with Gasteiger partial charge in [0.1, 0.15) is 35.6 Å². The zero-order chi connectivity index (χ0) is 26.9. The number of nitrogens with one attached hydrogen (secondary N) is 1. The third-order valence-corrected chi connectivity index (χ3v) is 6.36. The first-order chi connectivity index (χ1) is 18.5. The highest BCUT2D eigenvalue weighted by molar-refractivity contribution is 7.18. The van der Waals surface area contributed by atoms with Crippen LogP contribution in [0.4, 0.5) is 5.13 Å². The Labute approximate surface area is 225 Å². The van der Waals surface area contributed by atoms with Crippen molar-refractivity contribution in [1.29, 1.82) is 5.26 Å². The topological polar surface area (TPSA) is 106 Å². The van der Waals surface area contributed by atoms with Gasteiger partial charge in [-0.15, -0.1) is 10.2 Å². The normalized spacial score (nSPS) is 10.9. The lowest BCUT2D eigenvalue weighted by molar-refractivity contribution is -0.112. The van der Waals surface area contributed by atoms with Gasteiger partial charge in [0.15, 0.2) is 11.5 Å². The lowest BCUT2D eigenvalue weighted by Gasteiger charge is -2.13. The van der Waals surface area contributed by atoms with Crippen LogP contribution in [0.3, 0.4) is 0 Å². The van der Waals surface area contributed by atoms with Gasteiger partial charge in [0.2, 0.25) is 5.13 Å². The molecule has 0 aliphatic heterocycles. The zero-order valence-electron chi connectivity index (χ0n) is 21.2. The summed E-state index contributed by atoms with van der Waals surface area (Å²) in [5, 5.41) is 21.3. The number of hydrogen-bond acceptors (Lipinski definition) is 8. The number of ether oxygens (including phenoxy) is 3. The van der Waals surface area contributed by atoms with Gasteiger partial charge in [-0.3, -0.25) is 10.1 Å². The van der Waals surface area contributed by atoms with E-state index in [0.29, 0.717) is 40.4 Å². The number of nitrogens with zero attached hydrogens (tertiary/aromatic N) is 3. The Hall–Kier alpha value is -4.68. The van der Waals surface area contributed by atoms with E-state index in [-0.39, 0.29) is 5.57 Å². The van der Waals surface area contributed by atoms with Crippen molar-refractivity contribution in [2.24, 2.45) is 0 Å². The molecule has 1 aromatic heterocycles. The minimum absolute atomic E-state index is 0.0842. The van der Waals surface area contributed by atoms with Crippen molar-refractivity contribution >= 4 is 28.5 Å². The SMILES string of the molecule is COc1cc(/C=C(/C#N)C(=O)Nc2nnc(-c3ccccc3)s2)ccc1OCCOc1cc(C)ccc1C. The number of methoxy groups -OCH3 is 1. The van der Waals surface area contributed by atoms with Gasteiger partial charge in [-0.05, 0) is 54.8 Å². The molecule has 0 spiro atoms. The highest BCUT2D eigenvalue weighted by Crippen LogP contribution is 2.30. The Balaban J connectivity index is 1.38. The number of anilines is 1.